The number of H-pyrrole nitrogens is 2. The Morgan fingerprint density at radius 1 is 0.714 bits per heavy atom. The zero-order valence-corrected chi connectivity index (χ0v) is 23.0. The lowest BCUT2D eigenvalue weighted by Crippen LogP contribution is -2.27. The molecule has 1 unspecified atom stereocenters. The van der Waals surface area contributed by atoms with Gasteiger partial charge in [-0.3, -0.25) is 9.59 Å². The van der Waals surface area contributed by atoms with E-state index >= 15 is 0 Å². The zero-order valence-electron chi connectivity index (χ0n) is 23.0. The van der Waals surface area contributed by atoms with Crippen LogP contribution in [-0.2, 0) is 0 Å². The van der Waals surface area contributed by atoms with E-state index in [-0.39, 0.29) is 17.9 Å². The molecule has 0 spiro atoms. The number of aromatic amines is 2. The van der Waals surface area contributed by atoms with Crippen LogP contribution in [0.25, 0.3) is 27.9 Å². The van der Waals surface area contributed by atoms with Crippen molar-refractivity contribution in [1.82, 2.24) is 9.97 Å². The van der Waals surface area contributed by atoms with Gasteiger partial charge in [0.05, 0.1) is 0 Å². The highest BCUT2D eigenvalue weighted by atomic mass is 16.2. The van der Waals surface area contributed by atoms with E-state index in [4.69, 9.17) is 0 Å². The SMILES string of the molecule is CC1CC=Cc2cc(NC(=O)c3ccc4cc[nH]c4c3)ccc2N1c1ccc(NC(=O)c2ccc3cc[nH]c3c2)cc1. The largest absolute Gasteiger partial charge is 0.361 e. The van der Waals surface area contributed by atoms with Crippen molar-refractivity contribution in [1.29, 1.82) is 0 Å². The smallest absolute Gasteiger partial charge is 0.255 e. The number of hydrogen-bond acceptors (Lipinski definition) is 3. The lowest BCUT2D eigenvalue weighted by molar-refractivity contribution is 0.101. The summed E-state index contributed by atoms with van der Waals surface area (Å²) in [6, 6.07) is 29.4. The Morgan fingerprint density at radius 2 is 1.31 bits per heavy atom. The van der Waals surface area contributed by atoms with E-state index in [1.54, 1.807) is 0 Å². The molecule has 1 aliphatic rings. The molecule has 0 bridgehead atoms. The molecule has 206 valence electrons. The Hall–Kier alpha value is -5.56. The Kier molecular flexibility index (Phi) is 6.32. The maximum atomic E-state index is 13.0. The normalized spacial score (nSPS) is 14.5. The molecule has 2 amide bonds. The van der Waals surface area contributed by atoms with E-state index in [1.165, 1.54) is 0 Å². The van der Waals surface area contributed by atoms with Crippen LogP contribution in [0.4, 0.5) is 22.7 Å². The number of nitrogens with one attached hydrogen (secondary N) is 4. The fraction of sp³-hybridized carbons (Fsp3) is 0.0857. The number of nitrogens with zero attached hydrogens (tertiary/aromatic N) is 1. The highest BCUT2D eigenvalue weighted by Gasteiger charge is 2.21. The van der Waals surface area contributed by atoms with E-state index in [9.17, 15) is 9.59 Å². The first-order valence-corrected chi connectivity index (χ1v) is 14.0. The molecule has 0 fully saturated rings. The molecule has 0 radical (unpaired) electrons. The van der Waals surface area contributed by atoms with Crippen molar-refractivity contribution in [2.24, 2.45) is 0 Å². The Balaban J connectivity index is 1.10. The molecule has 0 saturated carbocycles. The lowest BCUT2D eigenvalue weighted by atomic mass is 10.1. The van der Waals surface area contributed by atoms with Gasteiger partial charge in [0, 0.05) is 63.3 Å². The van der Waals surface area contributed by atoms with Gasteiger partial charge in [0.1, 0.15) is 0 Å². The van der Waals surface area contributed by atoms with Crippen molar-refractivity contribution in [2.45, 2.75) is 19.4 Å². The number of fused-ring (bicyclic) bond motifs is 3. The fourth-order valence-corrected chi connectivity index (χ4v) is 5.60. The maximum Gasteiger partial charge on any atom is 0.255 e. The molecule has 3 heterocycles. The van der Waals surface area contributed by atoms with Gasteiger partial charge in [0.2, 0.25) is 0 Å². The van der Waals surface area contributed by atoms with Gasteiger partial charge in [0.15, 0.2) is 0 Å². The minimum absolute atomic E-state index is 0.153. The number of anilines is 4. The quantitative estimate of drug-likeness (QED) is 0.174. The molecule has 42 heavy (non-hydrogen) atoms. The molecule has 7 nitrogen and oxygen atoms in total. The maximum absolute atomic E-state index is 13.0. The third kappa shape index (κ3) is 4.81. The second-order valence-electron chi connectivity index (χ2n) is 10.6. The van der Waals surface area contributed by atoms with Crippen LogP contribution in [-0.4, -0.2) is 27.8 Å². The molecule has 0 saturated heterocycles. The van der Waals surface area contributed by atoms with Crippen molar-refractivity contribution in [3.63, 3.8) is 0 Å². The summed E-state index contributed by atoms with van der Waals surface area (Å²) in [7, 11) is 0. The van der Waals surface area contributed by atoms with Gasteiger partial charge in [-0.05, 0) is 109 Å². The van der Waals surface area contributed by atoms with E-state index in [0.29, 0.717) is 11.1 Å². The molecule has 6 aromatic rings. The van der Waals surface area contributed by atoms with Crippen LogP contribution >= 0.6 is 0 Å². The first-order chi connectivity index (χ1) is 20.5. The summed E-state index contributed by atoms with van der Waals surface area (Å²) in [5, 5.41) is 8.20. The van der Waals surface area contributed by atoms with Gasteiger partial charge in [-0.15, -0.1) is 0 Å². The summed E-state index contributed by atoms with van der Waals surface area (Å²) >= 11 is 0. The van der Waals surface area contributed by atoms with Gasteiger partial charge < -0.3 is 25.5 Å². The van der Waals surface area contributed by atoms with Crippen LogP contribution in [0.3, 0.4) is 0 Å². The van der Waals surface area contributed by atoms with Gasteiger partial charge >= 0.3 is 0 Å². The molecule has 4 N–H and O–H groups in total. The highest BCUT2D eigenvalue weighted by Crippen LogP contribution is 2.37. The van der Waals surface area contributed by atoms with Crippen LogP contribution in [0.1, 0.15) is 39.6 Å². The number of rotatable bonds is 5. The van der Waals surface area contributed by atoms with Crippen LogP contribution in [0.5, 0.6) is 0 Å². The van der Waals surface area contributed by atoms with E-state index in [2.05, 4.69) is 50.6 Å². The Bertz CT molecular complexity index is 1980. The van der Waals surface area contributed by atoms with Crippen molar-refractivity contribution in [2.75, 3.05) is 15.5 Å². The van der Waals surface area contributed by atoms with Crippen LogP contribution < -0.4 is 15.5 Å². The van der Waals surface area contributed by atoms with Crippen molar-refractivity contribution in [3.8, 4) is 0 Å². The first kappa shape index (κ1) is 25.4. The van der Waals surface area contributed by atoms with E-state index in [1.807, 2.05) is 97.3 Å². The summed E-state index contributed by atoms with van der Waals surface area (Å²) < 4.78 is 0. The van der Waals surface area contributed by atoms with Crippen molar-refractivity contribution >= 4 is 62.4 Å². The van der Waals surface area contributed by atoms with Crippen LogP contribution in [0.2, 0.25) is 0 Å². The predicted molar refractivity (Wildman–Crippen MR) is 171 cm³/mol. The number of benzene rings is 4. The topological polar surface area (TPSA) is 93.0 Å². The molecule has 7 rings (SSSR count). The predicted octanol–water partition coefficient (Wildman–Crippen LogP) is 8.10. The minimum Gasteiger partial charge on any atom is -0.361 e. The zero-order chi connectivity index (χ0) is 28.6. The Morgan fingerprint density at radius 3 is 1.95 bits per heavy atom. The van der Waals surface area contributed by atoms with Crippen LogP contribution in [0.15, 0.2) is 109 Å². The molecule has 4 aromatic carbocycles. The van der Waals surface area contributed by atoms with E-state index in [0.717, 1.165) is 56.5 Å². The number of hydrogen-bond donors (Lipinski definition) is 4. The molecule has 0 aliphatic carbocycles. The molecule has 7 heteroatoms. The van der Waals surface area contributed by atoms with Crippen molar-refractivity contribution < 1.29 is 9.59 Å². The fourth-order valence-electron chi connectivity index (χ4n) is 5.60. The number of amides is 2. The molecule has 2 aromatic heterocycles. The van der Waals surface area contributed by atoms with Gasteiger partial charge in [-0.1, -0.05) is 24.3 Å². The average Bonchev–Trinajstić information content (AvgIpc) is 3.64. The number of carbonyl (C=O) groups excluding carboxylic acids is 2. The standard InChI is InChI=1S/C35H29N5O2/c1-22-3-2-4-25-19-29(39-35(42)27-8-6-24-16-18-37-32(24)21-27)11-14-33(25)40(22)30-12-9-28(10-13-30)38-34(41)26-7-5-23-15-17-36-31(23)20-26/h2,4-22,36-37H,3H2,1H3,(H,38,41)(H,39,42). The third-order valence-corrected chi connectivity index (χ3v) is 7.80. The summed E-state index contributed by atoms with van der Waals surface area (Å²) in [5.74, 6) is -0.306. The van der Waals surface area contributed by atoms with Crippen LogP contribution in [0, 0.1) is 0 Å². The molecular formula is C35H29N5O2. The molecule has 1 aliphatic heterocycles. The highest BCUT2D eigenvalue weighted by molar-refractivity contribution is 6.07. The Labute approximate surface area is 242 Å². The summed E-state index contributed by atoms with van der Waals surface area (Å²) in [6.07, 6.45) is 8.88. The van der Waals surface area contributed by atoms with E-state index < -0.39 is 0 Å². The molecular weight excluding hydrogens is 522 g/mol. The second-order valence-corrected chi connectivity index (χ2v) is 10.6. The monoisotopic (exact) mass is 551 g/mol. The van der Waals surface area contributed by atoms with Crippen molar-refractivity contribution in [3.05, 3.63) is 126 Å². The molecule has 1 atom stereocenters. The summed E-state index contributed by atoms with van der Waals surface area (Å²) in [4.78, 5) is 34.5. The first-order valence-electron chi connectivity index (χ1n) is 14.0. The average molecular weight is 552 g/mol. The third-order valence-electron chi connectivity index (χ3n) is 7.80. The summed E-state index contributed by atoms with van der Waals surface area (Å²) in [6.45, 7) is 2.19. The lowest BCUT2D eigenvalue weighted by Gasteiger charge is -2.31. The van der Waals surface area contributed by atoms with Gasteiger partial charge in [-0.2, -0.15) is 0 Å². The number of carbonyl (C=O) groups is 2. The minimum atomic E-state index is -0.153. The summed E-state index contributed by atoms with van der Waals surface area (Å²) in [5.41, 5.74) is 7.63. The van der Waals surface area contributed by atoms with Gasteiger partial charge in [-0.25, -0.2) is 0 Å². The second kappa shape index (κ2) is 10.4. The number of aromatic nitrogens is 2. The van der Waals surface area contributed by atoms with Gasteiger partial charge in [0.25, 0.3) is 11.8 Å².